The lowest BCUT2D eigenvalue weighted by Crippen LogP contribution is -2.18. The monoisotopic (exact) mass is 415 g/mol. The van der Waals surface area contributed by atoms with E-state index in [1.807, 2.05) is 18.2 Å². The minimum Gasteiger partial charge on any atom is -0.480 e. The molecule has 4 rings (SSSR count). The van der Waals surface area contributed by atoms with Gasteiger partial charge >= 0.3 is 0 Å². The molecule has 1 fully saturated rings. The quantitative estimate of drug-likeness (QED) is 0.664. The molecule has 2 aromatic heterocycles. The highest BCUT2D eigenvalue weighted by Gasteiger charge is 2.24. The van der Waals surface area contributed by atoms with Gasteiger partial charge in [0.25, 0.3) is 0 Å². The van der Waals surface area contributed by atoms with Crippen molar-refractivity contribution < 1.29 is 17.9 Å². The molecule has 1 aliphatic rings. The number of nitrogens with zero attached hydrogens (tertiary/aromatic N) is 2. The summed E-state index contributed by atoms with van der Waals surface area (Å²) in [6.45, 7) is 1.58. The molecule has 3 heterocycles. The van der Waals surface area contributed by atoms with Gasteiger partial charge < -0.3 is 14.5 Å². The predicted molar refractivity (Wildman–Crippen MR) is 110 cm³/mol. The molecule has 0 amide bonds. The lowest BCUT2D eigenvalue weighted by atomic mass is 9.83. The predicted octanol–water partition coefficient (Wildman–Crippen LogP) is 3.32. The van der Waals surface area contributed by atoms with Crippen LogP contribution in [-0.2, 0) is 14.6 Å². The van der Waals surface area contributed by atoms with Crippen LogP contribution < -0.4 is 4.74 Å². The fraction of sp³-hybridized carbons (Fsp3) is 0.429. The summed E-state index contributed by atoms with van der Waals surface area (Å²) in [4.78, 5) is 12.6. The average Bonchev–Trinajstić information content (AvgIpc) is 3.15. The zero-order chi connectivity index (χ0) is 20.4. The van der Waals surface area contributed by atoms with E-state index < -0.39 is 9.84 Å². The molecule has 1 aliphatic heterocycles. The van der Waals surface area contributed by atoms with E-state index in [-0.39, 0.29) is 5.92 Å². The van der Waals surface area contributed by atoms with Crippen LogP contribution in [0.2, 0.25) is 0 Å². The number of ether oxygens (including phenoxy) is 2. The molecule has 1 aromatic carbocycles. The van der Waals surface area contributed by atoms with Crippen LogP contribution in [-0.4, -0.2) is 49.9 Å². The molecule has 1 N–H and O–H groups in total. The van der Waals surface area contributed by atoms with E-state index >= 15 is 0 Å². The van der Waals surface area contributed by atoms with E-state index in [9.17, 15) is 8.42 Å². The molecule has 1 unspecified atom stereocenters. The Morgan fingerprint density at radius 1 is 1.24 bits per heavy atom. The Morgan fingerprint density at radius 2 is 1.97 bits per heavy atom. The summed E-state index contributed by atoms with van der Waals surface area (Å²) in [5.41, 5.74) is 3.56. The maximum absolute atomic E-state index is 11.8. The van der Waals surface area contributed by atoms with Crippen LogP contribution in [0.15, 0.2) is 41.4 Å². The van der Waals surface area contributed by atoms with Crippen molar-refractivity contribution in [1.82, 2.24) is 15.0 Å². The highest BCUT2D eigenvalue weighted by molar-refractivity contribution is 7.90. The number of H-pyrrole nitrogens is 1. The fourth-order valence-corrected chi connectivity index (χ4v) is 4.52. The van der Waals surface area contributed by atoms with Crippen molar-refractivity contribution in [1.29, 1.82) is 0 Å². The highest BCUT2D eigenvalue weighted by atomic mass is 32.2. The summed E-state index contributed by atoms with van der Waals surface area (Å²) in [6, 6.07) is 9.21. The molecule has 1 saturated heterocycles. The number of hydrogen-bond acceptors (Lipinski definition) is 6. The number of benzene rings is 1. The van der Waals surface area contributed by atoms with E-state index in [2.05, 4.69) is 15.0 Å². The van der Waals surface area contributed by atoms with Crippen LogP contribution >= 0.6 is 0 Å². The Morgan fingerprint density at radius 3 is 2.62 bits per heavy atom. The first kappa shape index (κ1) is 19.8. The molecular formula is C21H25N3O4S. The van der Waals surface area contributed by atoms with Crippen molar-refractivity contribution in [3.05, 3.63) is 47.8 Å². The van der Waals surface area contributed by atoms with Crippen molar-refractivity contribution in [2.45, 2.75) is 30.1 Å². The molecule has 0 spiro atoms. The minimum absolute atomic E-state index is 0.0914. The Balaban J connectivity index is 1.71. The molecule has 1 atom stereocenters. The molecule has 0 aliphatic carbocycles. The van der Waals surface area contributed by atoms with Crippen LogP contribution in [0.25, 0.3) is 11.2 Å². The molecular weight excluding hydrogens is 390 g/mol. The van der Waals surface area contributed by atoms with E-state index in [1.54, 1.807) is 25.4 Å². The molecule has 29 heavy (non-hydrogen) atoms. The van der Waals surface area contributed by atoms with Gasteiger partial charge in [0, 0.05) is 31.1 Å². The second kappa shape index (κ2) is 8.12. The summed E-state index contributed by atoms with van der Waals surface area (Å²) in [5, 5.41) is 0. The van der Waals surface area contributed by atoms with Gasteiger partial charge in [-0.05, 0) is 48.9 Å². The van der Waals surface area contributed by atoms with Crippen LogP contribution in [0.5, 0.6) is 5.88 Å². The molecule has 0 radical (unpaired) electrons. The largest absolute Gasteiger partial charge is 0.480 e. The summed E-state index contributed by atoms with van der Waals surface area (Å²) in [7, 11) is -1.66. The van der Waals surface area contributed by atoms with Gasteiger partial charge in [-0.3, -0.25) is 0 Å². The van der Waals surface area contributed by atoms with Crippen molar-refractivity contribution >= 4 is 21.0 Å². The normalized spacial score (nSPS) is 16.8. The van der Waals surface area contributed by atoms with E-state index in [0.29, 0.717) is 22.3 Å². The number of rotatable bonds is 6. The number of hydrogen-bond donors (Lipinski definition) is 1. The van der Waals surface area contributed by atoms with Crippen LogP contribution in [0.3, 0.4) is 0 Å². The number of aromatic nitrogens is 3. The summed E-state index contributed by atoms with van der Waals surface area (Å²) >= 11 is 0. The summed E-state index contributed by atoms with van der Waals surface area (Å²) in [5.74, 6) is 1.10. The lowest BCUT2D eigenvalue weighted by Gasteiger charge is -2.26. The van der Waals surface area contributed by atoms with Gasteiger partial charge in [-0.2, -0.15) is 4.98 Å². The van der Waals surface area contributed by atoms with Gasteiger partial charge in [0.05, 0.1) is 18.2 Å². The minimum atomic E-state index is -3.22. The number of sulfone groups is 1. The second-order valence-electron chi connectivity index (χ2n) is 7.56. The first-order chi connectivity index (χ1) is 13.9. The van der Waals surface area contributed by atoms with Gasteiger partial charge in [0.2, 0.25) is 5.88 Å². The number of aromatic amines is 1. The third-order valence-corrected chi connectivity index (χ3v) is 6.67. The summed E-state index contributed by atoms with van der Waals surface area (Å²) < 4.78 is 34.4. The molecule has 0 saturated carbocycles. The standard InChI is InChI=1S/C21H25N3O4S/c1-27-20-13-22-19-12-18(23-21(19)24-20)17(11-14-7-9-28-10-8-14)15-3-5-16(6-4-15)29(2,25)26/h3-6,12-14,17H,7-11H2,1-2H3,(H,23,24). The number of methoxy groups -OCH3 is 1. The van der Waals surface area contributed by atoms with E-state index in [4.69, 9.17) is 9.47 Å². The highest BCUT2D eigenvalue weighted by Crippen LogP contribution is 2.35. The molecule has 7 nitrogen and oxygen atoms in total. The smallest absolute Gasteiger partial charge is 0.234 e. The Labute approximate surface area is 170 Å². The first-order valence-electron chi connectivity index (χ1n) is 9.71. The zero-order valence-electron chi connectivity index (χ0n) is 16.6. The van der Waals surface area contributed by atoms with Gasteiger partial charge in [0.15, 0.2) is 15.5 Å². The first-order valence-corrected chi connectivity index (χ1v) is 11.6. The maximum atomic E-state index is 11.8. The van der Waals surface area contributed by atoms with Crippen molar-refractivity contribution in [2.24, 2.45) is 5.92 Å². The van der Waals surface area contributed by atoms with Gasteiger partial charge in [-0.1, -0.05) is 12.1 Å². The van der Waals surface area contributed by atoms with Gasteiger partial charge in [-0.25, -0.2) is 13.4 Å². The Hall–Kier alpha value is -2.45. The van der Waals surface area contributed by atoms with Crippen molar-refractivity contribution in [2.75, 3.05) is 26.6 Å². The van der Waals surface area contributed by atoms with Gasteiger partial charge in [0.1, 0.15) is 5.52 Å². The van der Waals surface area contributed by atoms with Crippen LogP contribution in [0.1, 0.15) is 36.4 Å². The maximum Gasteiger partial charge on any atom is 0.234 e. The fourth-order valence-electron chi connectivity index (χ4n) is 3.89. The third-order valence-electron chi connectivity index (χ3n) is 5.54. The Kier molecular flexibility index (Phi) is 5.56. The Bertz CT molecular complexity index is 1090. The SMILES string of the molecule is COc1cnc2cc(C(CC3CCOCC3)c3ccc(S(C)(=O)=O)cc3)[nH]c2n1. The number of nitrogens with one attached hydrogen (secondary N) is 1. The zero-order valence-corrected chi connectivity index (χ0v) is 17.4. The number of fused-ring (bicyclic) bond motifs is 1. The van der Waals surface area contributed by atoms with Crippen LogP contribution in [0.4, 0.5) is 0 Å². The third kappa shape index (κ3) is 4.43. The molecule has 154 valence electrons. The van der Waals surface area contributed by atoms with E-state index in [0.717, 1.165) is 49.3 Å². The molecule has 8 heteroatoms. The molecule has 3 aromatic rings. The lowest BCUT2D eigenvalue weighted by molar-refractivity contribution is 0.0626. The summed E-state index contributed by atoms with van der Waals surface area (Å²) in [6.07, 6.45) is 5.84. The second-order valence-corrected chi connectivity index (χ2v) is 9.57. The van der Waals surface area contributed by atoms with Gasteiger partial charge in [-0.15, -0.1) is 0 Å². The topological polar surface area (TPSA) is 94.2 Å². The van der Waals surface area contributed by atoms with Crippen molar-refractivity contribution in [3.8, 4) is 5.88 Å². The van der Waals surface area contributed by atoms with Crippen molar-refractivity contribution in [3.63, 3.8) is 0 Å². The average molecular weight is 416 g/mol. The van der Waals surface area contributed by atoms with Crippen LogP contribution in [0, 0.1) is 5.92 Å². The van der Waals surface area contributed by atoms with E-state index in [1.165, 1.54) is 6.26 Å². The molecule has 0 bridgehead atoms.